The third-order valence-corrected chi connectivity index (χ3v) is 1.92. The number of rotatable bonds is 0. The minimum Gasteiger partial charge on any atom is -0.387 e. The van der Waals surface area contributed by atoms with Crippen molar-refractivity contribution in [1.82, 2.24) is 0 Å². The molecule has 1 saturated heterocycles. The Kier molecular flexibility index (Phi) is 1.99. The zero-order valence-corrected chi connectivity index (χ0v) is 6.63. The average Bonchev–Trinajstić information content (AvgIpc) is 1.83. The molecule has 1 aliphatic rings. The van der Waals surface area contributed by atoms with E-state index in [-0.39, 0.29) is 12.9 Å². The van der Waals surface area contributed by atoms with E-state index in [9.17, 15) is 5.11 Å². The molecule has 2 atom stereocenters. The number of hydrogen-bond acceptors (Lipinski definition) is 3. The molecule has 0 aromatic heterocycles. The Hall–Kier alpha value is -0.120. The Morgan fingerprint density at radius 3 is 2.50 bits per heavy atom. The lowest BCUT2D eigenvalue weighted by Gasteiger charge is -2.38. The Morgan fingerprint density at radius 1 is 1.50 bits per heavy atom. The van der Waals surface area contributed by atoms with Gasteiger partial charge in [-0.15, -0.1) is 0 Å². The van der Waals surface area contributed by atoms with E-state index in [1.807, 2.05) is 20.8 Å². The third-order valence-electron chi connectivity index (χ3n) is 1.92. The molecule has 1 N–H and O–H groups in total. The van der Waals surface area contributed by atoms with Crippen molar-refractivity contribution < 1.29 is 14.6 Å². The summed E-state index contributed by atoms with van der Waals surface area (Å²) in [6.07, 6.45) is -0.648. The van der Waals surface area contributed by atoms with Gasteiger partial charge in [-0.2, -0.15) is 0 Å². The van der Waals surface area contributed by atoms with Gasteiger partial charge in [0.15, 0.2) is 0 Å². The largest absolute Gasteiger partial charge is 0.387 e. The Morgan fingerprint density at radius 2 is 2.10 bits per heavy atom. The summed E-state index contributed by atoms with van der Waals surface area (Å²) in [5.41, 5.74) is -0.461. The van der Waals surface area contributed by atoms with Gasteiger partial charge in [-0.1, -0.05) is 0 Å². The normalized spacial score (nSPS) is 39.6. The molecule has 3 nitrogen and oxygen atoms in total. The van der Waals surface area contributed by atoms with E-state index in [1.54, 1.807) is 0 Å². The first-order valence-corrected chi connectivity index (χ1v) is 3.47. The molecule has 10 heavy (non-hydrogen) atoms. The molecule has 0 radical (unpaired) electrons. The highest BCUT2D eigenvalue weighted by Crippen LogP contribution is 2.23. The SMILES string of the molecule is CC1OCOC(C)(C)C1O. The quantitative estimate of drug-likeness (QED) is 0.541. The van der Waals surface area contributed by atoms with E-state index in [2.05, 4.69) is 0 Å². The molecule has 0 bridgehead atoms. The zero-order valence-electron chi connectivity index (χ0n) is 6.63. The Labute approximate surface area is 60.9 Å². The molecule has 1 rings (SSSR count). The summed E-state index contributed by atoms with van der Waals surface area (Å²) in [4.78, 5) is 0. The highest BCUT2D eigenvalue weighted by Gasteiger charge is 2.37. The van der Waals surface area contributed by atoms with Gasteiger partial charge in [-0.3, -0.25) is 0 Å². The maximum Gasteiger partial charge on any atom is 0.148 e. The van der Waals surface area contributed by atoms with Crippen molar-refractivity contribution in [2.24, 2.45) is 0 Å². The fourth-order valence-electron chi connectivity index (χ4n) is 1.03. The maximum absolute atomic E-state index is 9.46. The van der Waals surface area contributed by atoms with Crippen LogP contribution in [-0.2, 0) is 9.47 Å². The van der Waals surface area contributed by atoms with Crippen LogP contribution in [0.3, 0.4) is 0 Å². The summed E-state index contributed by atoms with van der Waals surface area (Å²) in [7, 11) is 0. The van der Waals surface area contributed by atoms with E-state index >= 15 is 0 Å². The first kappa shape index (κ1) is 7.98. The minimum atomic E-state index is -0.527. The number of aliphatic hydroxyl groups is 1. The molecule has 2 unspecified atom stereocenters. The number of aliphatic hydroxyl groups excluding tert-OH is 1. The van der Waals surface area contributed by atoms with E-state index in [0.717, 1.165) is 0 Å². The molecule has 0 aliphatic carbocycles. The third kappa shape index (κ3) is 1.31. The highest BCUT2D eigenvalue weighted by atomic mass is 16.7. The topological polar surface area (TPSA) is 38.7 Å². The predicted molar refractivity (Wildman–Crippen MR) is 36.6 cm³/mol. The van der Waals surface area contributed by atoms with Gasteiger partial charge in [0.25, 0.3) is 0 Å². The molecule has 0 amide bonds. The van der Waals surface area contributed by atoms with Crippen molar-refractivity contribution in [2.75, 3.05) is 6.79 Å². The van der Waals surface area contributed by atoms with Gasteiger partial charge in [0.05, 0.1) is 11.7 Å². The first-order valence-electron chi connectivity index (χ1n) is 3.47. The molecule has 0 saturated carbocycles. The Bertz CT molecular complexity index is 122. The van der Waals surface area contributed by atoms with Gasteiger partial charge in [-0.05, 0) is 20.8 Å². The van der Waals surface area contributed by atoms with Crippen molar-refractivity contribution in [3.63, 3.8) is 0 Å². The fourth-order valence-corrected chi connectivity index (χ4v) is 1.03. The molecule has 1 aliphatic heterocycles. The second-order valence-electron chi connectivity index (χ2n) is 3.18. The molecule has 1 fully saturated rings. The molecule has 1 heterocycles. The van der Waals surface area contributed by atoms with E-state index in [1.165, 1.54) is 0 Å². The maximum atomic E-state index is 9.46. The lowest BCUT2D eigenvalue weighted by atomic mass is 9.97. The van der Waals surface area contributed by atoms with Crippen LogP contribution >= 0.6 is 0 Å². The van der Waals surface area contributed by atoms with Crippen LogP contribution in [-0.4, -0.2) is 29.7 Å². The van der Waals surface area contributed by atoms with Crippen molar-refractivity contribution >= 4 is 0 Å². The molecule has 3 heteroatoms. The monoisotopic (exact) mass is 146 g/mol. The highest BCUT2D eigenvalue weighted by molar-refractivity contribution is 4.85. The van der Waals surface area contributed by atoms with Crippen LogP contribution in [0.1, 0.15) is 20.8 Å². The number of hydrogen-bond donors (Lipinski definition) is 1. The summed E-state index contributed by atoms with van der Waals surface area (Å²) >= 11 is 0. The molecule has 0 aromatic rings. The minimum absolute atomic E-state index is 0.122. The van der Waals surface area contributed by atoms with Crippen molar-refractivity contribution in [2.45, 2.75) is 38.6 Å². The van der Waals surface area contributed by atoms with Crippen LogP contribution < -0.4 is 0 Å². The standard InChI is InChI=1S/C7H14O3/c1-5-6(8)7(2,3)10-4-9-5/h5-6,8H,4H2,1-3H3. The summed E-state index contributed by atoms with van der Waals surface area (Å²) < 4.78 is 10.2. The van der Waals surface area contributed by atoms with Crippen LogP contribution in [0.2, 0.25) is 0 Å². The van der Waals surface area contributed by atoms with Crippen LogP contribution in [0.5, 0.6) is 0 Å². The predicted octanol–water partition coefficient (Wildman–Crippen LogP) is 0.519. The van der Waals surface area contributed by atoms with Crippen molar-refractivity contribution in [3.8, 4) is 0 Å². The smallest absolute Gasteiger partial charge is 0.148 e. The van der Waals surface area contributed by atoms with Gasteiger partial charge in [-0.25, -0.2) is 0 Å². The van der Waals surface area contributed by atoms with Crippen molar-refractivity contribution in [1.29, 1.82) is 0 Å². The first-order chi connectivity index (χ1) is 4.54. The summed E-state index contributed by atoms with van der Waals surface area (Å²) in [6, 6.07) is 0. The van der Waals surface area contributed by atoms with Crippen molar-refractivity contribution in [3.05, 3.63) is 0 Å². The molecular weight excluding hydrogens is 132 g/mol. The molecule has 0 spiro atoms. The van der Waals surface area contributed by atoms with Gasteiger partial charge in [0, 0.05) is 0 Å². The van der Waals surface area contributed by atoms with E-state index in [4.69, 9.17) is 9.47 Å². The zero-order chi connectivity index (χ0) is 7.78. The van der Waals surface area contributed by atoms with Crippen LogP contribution in [0, 0.1) is 0 Å². The van der Waals surface area contributed by atoms with E-state index < -0.39 is 11.7 Å². The fraction of sp³-hybridized carbons (Fsp3) is 1.00. The number of ether oxygens (including phenoxy) is 2. The van der Waals surface area contributed by atoms with E-state index in [0.29, 0.717) is 0 Å². The summed E-state index contributed by atoms with van der Waals surface area (Å²) in [5, 5.41) is 9.46. The van der Waals surface area contributed by atoms with Gasteiger partial charge < -0.3 is 14.6 Å². The lowest BCUT2D eigenvalue weighted by Crippen LogP contribution is -2.51. The lowest BCUT2D eigenvalue weighted by molar-refractivity contribution is -0.260. The van der Waals surface area contributed by atoms with Crippen LogP contribution in [0.25, 0.3) is 0 Å². The van der Waals surface area contributed by atoms with Crippen LogP contribution in [0.4, 0.5) is 0 Å². The average molecular weight is 146 g/mol. The second-order valence-corrected chi connectivity index (χ2v) is 3.18. The van der Waals surface area contributed by atoms with Gasteiger partial charge in [0.2, 0.25) is 0 Å². The Balaban J connectivity index is 2.60. The van der Waals surface area contributed by atoms with Gasteiger partial charge >= 0.3 is 0 Å². The molecule has 0 aromatic carbocycles. The summed E-state index contributed by atoms with van der Waals surface area (Å²) in [6.45, 7) is 5.84. The summed E-state index contributed by atoms with van der Waals surface area (Å²) in [5.74, 6) is 0. The van der Waals surface area contributed by atoms with Crippen LogP contribution in [0.15, 0.2) is 0 Å². The second kappa shape index (κ2) is 2.49. The molecule has 60 valence electrons. The van der Waals surface area contributed by atoms with Gasteiger partial charge in [0.1, 0.15) is 12.9 Å². The molecular formula is C7H14O3.